The summed E-state index contributed by atoms with van der Waals surface area (Å²) in [4.78, 5) is 32.9. The van der Waals surface area contributed by atoms with Crippen molar-refractivity contribution in [3.63, 3.8) is 0 Å². The van der Waals surface area contributed by atoms with E-state index in [1.54, 1.807) is 12.1 Å². The Hall–Kier alpha value is -2.57. The van der Waals surface area contributed by atoms with Crippen LogP contribution in [0.1, 0.15) is 12.0 Å². The van der Waals surface area contributed by atoms with E-state index in [0.29, 0.717) is 5.75 Å². The number of hydrogen-bond acceptors (Lipinski definition) is 5. The molecule has 0 bridgehead atoms. The Bertz CT molecular complexity index is 499. The fourth-order valence-corrected chi connectivity index (χ4v) is 1.34. The molecule has 0 aromatic heterocycles. The molecule has 114 valence electrons. The number of carbonyl (C=O) groups is 3. The van der Waals surface area contributed by atoms with Crippen LogP contribution in [-0.2, 0) is 19.1 Å². The monoisotopic (exact) mass is 294 g/mol. The maximum atomic E-state index is 11.4. The lowest BCUT2D eigenvalue weighted by Crippen LogP contribution is -2.36. The van der Waals surface area contributed by atoms with E-state index >= 15 is 0 Å². The molecule has 0 saturated heterocycles. The molecule has 1 rings (SSSR count). The zero-order valence-corrected chi connectivity index (χ0v) is 11.8. The van der Waals surface area contributed by atoms with Gasteiger partial charge in [0, 0.05) is 0 Å². The second-order valence-electron chi connectivity index (χ2n) is 4.32. The highest BCUT2D eigenvalue weighted by Crippen LogP contribution is 2.11. The van der Waals surface area contributed by atoms with Gasteiger partial charge in [0.25, 0.3) is 5.91 Å². The molecular formula is C14H18N2O5. The van der Waals surface area contributed by atoms with E-state index < -0.39 is 24.4 Å². The molecule has 0 saturated carbocycles. The van der Waals surface area contributed by atoms with Crippen LogP contribution in [0, 0.1) is 6.92 Å². The van der Waals surface area contributed by atoms with Gasteiger partial charge in [-0.15, -0.1) is 0 Å². The van der Waals surface area contributed by atoms with Crippen molar-refractivity contribution in [2.75, 3.05) is 19.8 Å². The minimum Gasteiger partial charge on any atom is -0.493 e. The molecule has 2 amide bonds. The van der Waals surface area contributed by atoms with Crippen molar-refractivity contribution in [1.82, 2.24) is 5.32 Å². The molecule has 7 heteroatoms. The van der Waals surface area contributed by atoms with Crippen LogP contribution < -0.4 is 15.8 Å². The zero-order chi connectivity index (χ0) is 15.7. The van der Waals surface area contributed by atoms with Crippen LogP contribution in [0.4, 0.5) is 0 Å². The number of benzene rings is 1. The van der Waals surface area contributed by atoms with E-state index in [1.807, 2.05) is 19.1 Å². The lowest BCUT2D eigenvalue weighted by molar-refractivity contribution is -0.149. The van der Waals surface area contributed by atoms with E-state index in [4.69, 9.17) is 15.2 Å². The molecule has 21 heavy (non-hydrogen) atoms. The number of nitrogens with one attached hydrogen (secondary N) is 1. The number of primary amides is 1. The largest absolute Gasteiger partial charge is 0.493 e. The standard InChI is InChI=1S/C14H18N2O5/c1-10-2-4-11(5-3-10)20-7-6-14(19)21-9-13(18)16-8-12(15)17/h2-5H,6-9H2,1H3,(H2,15,17)(H,16,18). The summed E-state index contributed by atoms with van der Waals surface area (Å²) >= 11 is 0. The summed E-state index contributed by atoms with van der Waals surface area (Å²) in [5.41, 5.74) is 5.96. The van der Waals surface area contributed by atoms with Gasteiger partial charge in [0.05, 0.1) is 19.6 Å². The highest BCUT2D eigenvalue weighted by molar-refractivity contribution is 5.85. The average Bonchev–Trinajstić information content (AvgIpc) is 2.45. The third-order valence-electron chi connectivity index (χ3n) is 2.42. The van der Waals surface area contributed by atoms with Crippen molar-refractivity contribution < 1.29 is 23.9 Å². The van der Waals surface area contributed by atoms with Crippen molar-refractivity contribution in [1.29, 1.82) is 0 Å². The first-order chi connectivity index (χ1) is 9.97. The van der Waals surface area contributed by atoms with E-state index in [1.165, 1.54) is 0 Å². The summed E-state index contributed by atoms with van der Waals surface area (Å²) in [5, 5.41) is 2.20. The highest BCUT2D eigenvalue weighted by atomic mass is 16.5. The quantitative estimate of drug-likeness (QED) is 0.651. The molecular weight excluding hydrogens is 276 g/mol. The van der Waals surface area contributed by atoms with E-state index in [2.05, 4.69) is 5.32 Å². The van der Waals surface area contributed by atoms with Crippen LogP contribution in [0.25, 0.3) is 0 Å². The van der Waals surface area contributed by atoms with Crippen molar-refractivity contribution in [3.05, 3.63) is 29.8 Å². The first kappa shape index (κ1) is 16.5. The predicted molar refractivity (Wildman–Crippen MR) is 74.5 cm³/mol. The third-order valence-corrected chi connectivity index (χ3v) is 2.42. The van der Waals surface area contributed by atoms with Gasteiger partial charge in [-0.05, 0) is 19.1 Å². The zero-order valence-electron chi connectivity index (χ0n) is 11.8. The third kappa shape index (κ3) is 7.56. The van der Waals surface area contributed by atoms with Crippen molar-refractivity contribution in [2.45, 2.75) is 13.3 Å². The first-order valence-electron chi connectivity index (χ1n) is 6.37. The molecule has 3 N–H and O–H groups in total. The molecule has 0 unspecified atom stereocenters. The van der Waals surface area contributed by atoms with Gasteiger partial charge in [0.15, 0.2) is 6.61 Å². The topological polar surface area (TPSA) is 108 Å². The summed E-state index contributed by atoms with van der Waals surface area (Å²) in [5.74, 6) is -1.15. The number of ether oxygens (including phenoxy) is 2. The van der Waals surface area contributed by atoms with Crippen LogP contribution in [0.3, 0.4) is 0 Å². The molecule has 0 aliphatic carbocycles. The van der Waals surface area contributed by atoms with Crippen LogP contribution in [0.5, 0.6) is 5.75 Å². The average molecular weight is 294 g/mol. The summed E-state index contributed by atoms with van der Waals surface area (Å²) in [6.45, 7) is 1.39. The van der Waals surface area contributed by atoms with Crippen LogP contribution in [-0.4, -0.2) is 37.5 Å². The fraction of sp³-hybridized carbons (Fsp3) is 0.357. The Labute approximate surface area is 122 Å². The predicted octanol–water partition coefficient (Wildman–Crippen LogP) is -0.0914. The SMILES string of the molecule is Cc1ccc(OCCC(=O)OCC(=O)NCC(N)=O)cc1. The minimum atomic E-state index is -0.666. The van der Waals surface area contributed by atoms with Gasteiger partial charge in [-0.2, -0.15) is 0 Å². The van der Waals surface area contributed by atoms with Crippen LogP contribution in [0.2, 0.25) is 0 Å². The summed E-state index contributed by atoms with van der Waals surface area (Å²) in [7, 11) is 0. The highest BCUT2D eigenvalue weighted by Gasteiger charge is 2.08. The van der Waals surface area contributed by atoms with Crippen molar-refractivity contribution in [3.8, 4) is 5.75 Å². The maximum absolute atomic E-state index is 11.4. The molecule has 0 heterocycles. The molecule has 0 spiro atoms. The lowest BCUT2D eigenvalue weighted by atomic mass is 10.2. The Balaban J connectivity index is 2.15. The maximum Gasteiger partial charge on any atom is 0.309 e. The second kappa shape index (κ2) is 8.57. The number of esters is 1. The number of nitrogens with two attached hydrogens (primary N) is 1. The normalized spacial score (nSPS) is 9.76. The van der Waals surface area contributed by atoms with E-state index in [-0.39, 0.29) is 19.6 Å². The molecule has 0 aliphatic rings. The second-order valence-corrected chi connectivity index (χ2v) is 4.32. The summed E-state index contributed by atoms with van der Waals surface area (Å²) in [6.07, 6.45) is 0.0248. The van der Waals surface area contributed by atoms with Crippen LogP contribution in [0.15, 0.2) is 24.3 Å². The Kier molecular flexibility index (Phi) is 6.73. The Morgan fingerprint density at radius 2 is 1.86 bits per heavy atom. The molecule has 7 nitrogen and oxygen atoms in total. The minimum absolute atomic E-state index is 0.0248. The number of hydrogen-bond donors (Lipinski definition) is 2. The molecule has 0 atom stereocenters. The fourth-order valence-electron chi connectivity index (χ4n) is 1.34. The van der Waals surface area contributed by atoms with E-state index in [0.717, 1.165) is 5.56 Å². The van der Waals surface area contributed by atoms with Gasteiger partial charge in [0.1, 0.15) is 5.75 Å². The number of carbonyl (C=O) groups excluding carboxylic acids is 3. The smallest absolute Gasteiger partial charge is 0.309 e. The molecule has 1 aromatic carbocycles. The van der Waals surface area contributed by atoms with Crippen molar-refractivity contribution in [2.24, 2.45) is 5.73 Å². The van der Waals surface area contributed by atoms with Crippen molar-refractivity contribution >= 4 is 17.8 Å². The van der Waals surface area contributed by atoms with Gasteiger partial charge in [-0.1, -0.05) is 17.7 Å². The summed E-state index contributed by atoms with van der Waals surface area (Å²) in [6, 6.07) is 7.41. The number of amides is 2. The number of rotatable bonds is 8. The number of aryl methyl sites for hydroxylation is 1. The molecule has 1 aromatic rings. The molecule has 0 fully saturated rings. The van der Waals surface area contributed by atoms with Crippen LogP contribution >= 0.6 is 0 Å². The van der Waals surface area contributed by atoms with Gasteiger partial charge in [-0.25, -0.2) is 0 Å². The Morgan fingerprint density at radius 3 is 2.48 bits per heavy atom. The van der Waals surface area contributed by atoms with Gasteiger partial charge < -0.3 is 20.5 Å². The van der Waals surface area contributed by atoms with E-state index in [9.17, 15) is 14.4 Å². The first-order valence-corrected chi connectivity index (χ1v) is 6.37. The molecule has 0 radical (unpaired) electrons. The van der Waals surface area contributed by atoms with Gasteiger partial charge in [-0.3, -0.25) is 14.4 Å². The Morgan fingerprint density at radius 1 is 1.19 bits per heavy atom. The van der Waals surface area contributed by atoms with Gasteiger partial charge >= 0.3 is 5.97 Å². The lowest BCUT2D eigenvalue weighted by Gasteiger charge is -2.07. The molecule has 0 aliphatic heterocycles. The van der Waals surface area contributed by atoms with Gasteiger partial charge in [0.2, 0.25) is 5.91 Å². The summed E-state index contributed by atoms with van der Waals surface area (Å²) < 4.78 is 10.1.